The van der Waals surface area contributed by atoms with E-state index in [0.717, 1.165) is 0 Å². The predicted molar refractivity (Wildman–Crippen MR) is 66.3 cm³/mol. The molecule has 7 heteroatoms. The van der Waals surface area contributed by atoms with Crippen molar-refractivity contribution < 1.29 is 23.8 Å². The number of carbonyl (C=O) groups is 1. The number of halogens is 2. The summed E-state index contributed by atoms with van der Waals surface area (Å²) in [6, 6.07) is -1.40. The quantitative estimate of drug-likeness (QED) is 0.656. The number of rotatable bonds is 6. The molecule has 1 aliphatic rings. The van der Waals surface area contributed by atoms with Crippen molar-refractivity contribution in [2.45, 2.75) is 44.4 Å². The summed E-state index contributed by atoms with van der Waals surface area (Å²) < 4.78 is 26.4. The van der Waals surface area contributed by atoms with Crippen LogP contribution in [-0.2, 0) is 4.79 Å². The summed E-state index contributed by atoms with van der Waals surface area (Å²) in [6.07, 6.45) is -1.25. The predicted octanol–water partition coefficient (Wildman–Crippen LogP) is 0.385. The van der Waals surface area contributed by atoms with Crippen molar-refractivity contribution in [2.75, 3.05) is 20.1 Å². The van der Waals surface area contributed by atoms with Crippen LogP contribution in [0.5, 0.6) is 0 Å². The normalized spacial score (nSPS) is 25.8. The van der Waals surface area contributed by atoms with Crippen LogP contribution >= 0.6 is 0 Å². The largest absolute Gasteiger partial charge is 0.480 e. The molecule has 1 aliphatic heterocycles. The zero-order chi connectivity index (χ0) is 14.8. The second-order valence-electron chi connectivity index (χ2n) is 5.29. The van der Waals surface area contributed by atoms with Gasteiger partial charge in [0.1, 0.15) is 6.04 Å². The van der Waals surface area contributed by atoms with Gasteiger partial charge in [0.25, 0.3) is 5.92 Å². The number of aliphatic carboxylic acids is 1. The Hall–Kier alpha value is -0.790. The first-order chi connectivity index (χ1) is 8.69. The second kappa shape index (κ2) is 6.11. The minimum absolute atomic E-state index is 0.0367. The van der Waals surface area contributed by atoms with Crippen molar-refractivity contribution in [3.05, 3.63) is 0 Å². The van der Waals surface area contributed by atoms with Gasteiger partial charge in [0.05, 0.1) is 12.6 Å². The molecule has 0 aromatic carbocycles. The summed E-state index contributed by atoms with van der Waals surface area (Å²) in [5, 5.41) is 22.2. The molecule has 112 valence electrons. The lowest BCUT2D eigenvalue weighted by molar-refractivity contribution is -0.147. The van der Waals surface area contributed by atoms with Crippen LogP contribution in [-0.4, -0.2) is 65.3 Å². The summed E-state index contributed by atoms with van der Waals surface area (Å²) in [5.74, 6) is -4.66. The molecular formula is C12H22F2N2O3. The third-order valence-corrected chi connectivity index (χ3v) is 3.85. The fourth-order valence-electron chi connectivity index (χ4n) is 2.53. The highest BCUT2D eigenvalue weighted by Gasteiger charge is 2.46. The van der Waals surface area contributed by atoms with E-state index in [4.69, 9.17) is 0 Å². The molecule has 3 N–H and O–H groups in total. The van der Waals surface area contributed by atoms with Gasteiger partial charge in [-0.1, -0.05) is 6.92 Å². The zero-order valence-corrected chi connectivity index (χ0v) is 11.4. The highest BCUT2D eigenvalue weighted by molar-refractivity contribution is 5.74. The van der Waals surface area contributed by atoms with Gasteiger partial charge in [0.2, 0.25) is 0 Å². The van der Waals surface area contributed by atoms with Gasteiger partial charge < -0.3 is 15.5 Å². The van der Waals surface area contributed by atoms with Gasteiger partial charge in [-0.2, -0.15) is 0 Å². The van der Waals surface area contributed by atoms with Crippen molar-refractivity contribution in [2.24, 2.45) is 5.92 Å². The molecule has 0 radical (unpaired) electrons. The molecule has 1 heterocycles. The lowest BCUT2D eigenvalue weighted by atomic mass is 9.90. The molecule has 0 aromatic rings. The SMILES string of the molecule is CN[C@@H](C)[C@H](O)[C@H](C)C(C(=O)O)N1CCC(F)(F)C1. The summed E-state index contributed by atoms with van der Waals surface area (Å²) in [4.78, 5) is 12.6. The van der Waals surface area contributed by atoms with Crippen LogP contribution in [0.4, 0.5) is 8.78 Å². The summed E-state index contributed by atoms with van der Waals surface area (Å²) in [6.45, 7) is 2.77. The summed E-state index contributed by atoms with van der Waals surface area (Å²) in [7, 11) is 1.65. The molecule has 0 amide bonds. The monoisotopic (exact) mass is 280 g/mol. The molecule has 1 rings (SSSR count). The minimum atomic E-state index is -2.84. The first-order valence-corrected chi connectivity index (χ1v) is 6.39. The smallest absolute Gasteiger partial charge is 0.321 e. The maximum Gasteiger partial charge on any atom is 0.321 e. The Morgan fingerprint density at radius 2 is 2.00 bits per heavy atom. The van der Waals surface area contributed by atoms with E-state index in [1.807, 2.05) is 0 Å². The third-order valence-electron chi connectivity index (χ3n) is 3.85. The first kappa shape index (κ1) is 16.3. The van der Waals surface area contributed by atoms with E-state index >= 15 is 0 Å². The van der Waals surface area contributed by atoms with E-state index in [0.29, 0.717) is 0 Å². The van der Waals surface area contributed by atoms with Crippen LogP contribution in [0, 0.1) is 5.92 Å². The number of aliphatic hydroxyl groups is 1. The minimum Gasteiger partial charge on any atom is -0.480 e. The van der Waals surface area contributed by atoms with Crippen LogP contribution in [0.3, 0.4) is 0 Å². The fourth-order valence-corrected chi connectivity index (χ4v) is 2.53. The van der Waals surface area contributed by atoms with Crippen LogP contribution in [0.25, 0.3) is 0 Å². The molecule has 1 saturated heterocycles. The molecule has 0 saturated carbocycles. The van der Waals surface area contributed by atoms with E-state index < -0.39 is 36.5 Å². The van der Waals surface area contributed by atoms with Crippen LogP contribution in [0.1, 0.15) is 20.3 Å². The van der Waals surface area contributed by atoms with E-state index in [9.17, 15) is 23.8 Å². The Bertz CT molecular complexity index is 328. The summed E-state index contributed by atoms with van der Waals surface area (Å²) >= 11 is 0. The topological polar surface area (TPSA) is 72.8 Å². The number of alkyl halides is 2. The van der Waals surface area contributed by atoms with Crippen LogP contribution in [0.15, 0.2) is 0 Å². The molecule has 1 fully saturated rings. The van der Waals surface area contributed by atoms with Crippen molar-refractivity contribution in [1.29, 1.82) is 0 Å². The number of carboxylic acid groups (broad SMARTS) is 1. The molecule has 19 heavy (non-hydrogen) atoms. The first-order valence-electron chi connectivity index (χ1n) is 6.39. The van der Waals surface area contributed by atoms with E-state index in [-0.39, 0.29) is 19.0 Å². The fraction of sp³-hybridized carbons (Fsp3) is 0.917. The lowest BCUT2D eigenvalue weighted by Crippen LogP contribution is -2.52. The average Bonchev–Trinajstić information content (AvgIpc) is 2.66. The highest BCUT2D eigenvalue weighted by Crippen LogP contribution is 2.31. The lowest BCUT2D eigenvalue weighted by Gasteiger charge is -2.34. The van der Waals surface area contributed by atoms with Crippen molar-refractivity contribution in [3.63, 3.8) is 0 Å². The van der Waals surface area contributed by atoms with Crippen molar-refractivity contribution >= 4 is 5.97 Å². The van der Waals surface area contributed by atoms with Crippen molar-refractivity contribution in [3.8, 4) is 0 Å². The van der Waals surface area contributed by atoms with Gasteiger partial charge in [0.15, 0.2) is 0 Å². The zero-order valence-electron chi connectivity index (χ0n) is 11.4. The van der Waals surface area contributed by atoms with Gasteiger partial charge in [-0.15, -0.1) is 0 Å². The Balaban J connectivity index is 2.81. The number of likely N-dealkylation sites (tertiary alicyclic amines) is 1. The van der Waals surface area contributed by atoms with Gasteiger partial charge >= 0.3 is 5.97 Å². The van der Waals surface area contributed by atoms with Gasteiger partial charge in [0, 0.05) is 24.9 Å². The second-order valence-corrected chi connectivity index (χ2v) is 5.29. The molecule has 0 spiro atoms. The average molecular weight is 280 g/mol. The number of aliphatic hydroxyl groups excluding tert-OH is 1. The molecular weight excluding hydrogens is 258 g/mol. The number of nitrogens with one attached hydrogen (secondary N) is 1. The summed E-state index contributed by atoms with van der Waals surface area (Å²) in [5.41, 5.74) is 0. The highest BCUT2D eigenvalue weighted by atomic mass is 19.3. The molecule has 0 aliphatic carbocycles. The Morgan fingerprint density at radius 3 is 2.37 bits per heavy atom. The van der Waals surface area contributed by atoms with E-state index in [1.54, 1.807) is 20.9 Å². The Labute approximate surface area is 111 Å². The standard InChI is InChI=1S/C12H22F2N2O3/c1-7(10(17)8(2)15-3)9(11(18)19)16-5-4-12(13,14)6-16/h7-10,15,17H,4-6H2,1-3H3,(H,18,19)/t7-,8+,9?,10-/m1/s1. The maximum atomic E-state index is 13.2. The molecule has 4 atom stereocenters. The molecule has 1 unspecified atom stereocenters. The van der Waals surface area contributed by atoms with Gasteiger partial charge in [-0.3, -0.25) is 9.69 Å². The van der Waals surface area contributed by atoms with E-state index in [1.165, 1.54) is 4.90 Å². The molecule has 5 nitrogen and oxygen atoms in total. The van der Waals surface area contributed by atoms with E-state index in [2.05, 4.69) is 5.32 Å². The van der Waals surface area contributed by atoms with Gasteiger partial charge in [-0.25, -0.2) is 8.78 Å². The number of carboxylic acids is 1. The van der Waals surface area contributed by atoms with Gasteiger partial charge in [-0.05, 0) is 14.0 Å². The number of hydrogen-bond donors (Lipinski definition) is 3. The molecule has 0 bridgehead atoms. The maximum absolute atomic E-state index is 13.2. The number of nitrogens with zero attached hydrogens (tertiary/aromatic N) is 1. The third kappa shape index (κ3) is 3.84. The van der Waals surface area contributed by atoms with Crippen molar-refractivity contribution in [1.82, 2.24) is 10.2 Å². The Morgan fingerprint density at radius 1 is 1.42 bits per heavy atom. The van der Waals surface area contributed by atoms with Crippen LogP contribution in [0.2, 0.25) is 0 Å². The molecule has 0 aromatic heterocycles. The number of likely N-dealkylation sites (N-methyl/N-ethyl adjacent to an activating group) is 1. The number of hydrogen-bond acceptors (Lipinski definition) is 4. The van der Waals surface area contributed by atoms with Crippen LogP contribution < -0.4 is 5.32 Å². The Kier molecular flexibility index (Phi) is 5.23.